The van der Waals surface area contributed by atoms with Crippen molar-refractivity contribution >= 4 is 77.4 Å². The summed E-state index contributed by atoms with van der Waals surface area (Å²) in [6, 6.07) is 25.2. The zero-order valence-corrected chi connectivity index (χ0v) is 71.1. The summed E-state index contributed by atoms with van der Waals surface area (Å²) < 4.78 is 5.48. The maximum Gasteiger partial charge on any atom is 1.00 e. The number of carboxylic acid groups (broad SMARTS) is 1. The van der Waals surface area contributed by atoms with E-state index in [1.807, 2.05) is 86.4 Å². The fourth-order valence-electron chi connectivity index (χ4n) is 21.9. The Morgan fingerprint density at radius 3 is 0.921 bits per heavy atom. The molecule has 0 spiro atoms. The number of aromatic nitrogens is 6. The van der Waals surface area contributed by atoms with Crippen molar-refractivity contribution < 1.29 is 59.1 Å². The molecule has 6 aromatic rings. The first-order chi connectivity index (χ1) is 54.6. The molecule has 6 atom stereocenters. The molecular weight excluding hydrogens is 1470 g/mol. The van der Waals surface area contributed by atoms with Gasteiger partial charge in [0, 0.05) is 115 Å². The Labute approximate surface area is 702 Å². The first kappa shape index (κ1) is 86.4. The number of nitrogens with one attached hydrogen (secondary N) is 2. The van der Waals surface area contributed by atoms with Crippen LogP contribution in [0.25, 0.3) is 33.1 Å². The van der Waals surface area contributed by atoms with E-state index in [0.29, 0.717) is 65.9 Å². The van der Waals surface area contributed by atoms with E-state index in [1.54, 1.807) is 23.5 Å². The second-order valence-corrected chi connectivity index (χ2v) is 35.4. The number of hydrogen-bond acceptors (Lipinski definition) is 19. The van der Waals surface area contributed by atoms with Gasteiger partial charge in [0.05, 0.1) is 39.1 Å². The van der Waals surface area contributed by atoms with Crippen LogP contribution in [0.2, 0.25) is 13.6 Å². The summed E-state index contributed by atoms with van der Waals surface area (Å²) in [7, 11) is -0.710. The minimum absolute atomic E-state index is 0. The molecule has 12 fully saturated rings. The van der Waals surface area contributed by atoms with E-state index in [4.69, 9.17) is 0 Å². The van der Waals surface area contributed by atoms with Gasteiger partial charge in [0.25, 0.3) is 28.5 Å². The summed E-state index contributed by atoms with van der Waals surface area (Å²) in [5, 5.41) is 37.5. The molecule has 3 saturated carbocycles. The number of carboxylic acids is 1. The van der Waals surface area contributed by atoms with Crippen molar-refractivity contribution in [2.45, 2.75) is 223 Å². The van der Waals surface area contributed by atoms with E-state index >= 15 is 0 Å². The molecule has 2 amide bonds. The third kappa shape index (κ3) is 20.0. The number of nitrogens with zero attached hydrogens (tertiary/aromatic N) is 13. The molecular formula is C86H125B2ClN15NaO9. The van der Waals surface area contributed by atoms with Gasteiger partial charge in [-0.25, -0.2) is 15.0 Å². The van der Waals surface area contributed by atoms with Gasteiger partial charge in [0.1, 0.15) is 0 Å². The minimum atomic E-state index is -1.50. The van der Waals surface area contributed by atoms with Crippen LogP contribution in [0.4, 0.5) is 0 Å². The minimum Gasteiger partial charge on any atom is -0.543 e. The van der Waals surface area contributed by atoms with Gasteiger partial charge < -0.3 is 78.4 Å². The summed E-state index contributed by atoms with van der Waals surface area (Å²) in [6.07, 6.45) is 33.6. The van der Waals surface area contributed by atoms with Gasteiger partial charge in [-0.15, -0.1) is 12.4 Å². The van der Waals surface area contributed by atoms with E-state index in [9.17, 15) is 43.9 Å². The molecule has 3 aliphatic carbocycles. The standard InChI is InChI=1S/C29H42BN5O3.C28H39N5O2.C22H29N3O3.C7H15BN2O.ClH.Na/c1-30(38)34-19-21-17-33(18-22(21)20-34)28(36)27-29(37)35(26-12-8-7-11-25(26)31-27)24-13-15-32(16-14-24)23-9-5-3-2-4-6-10-23;34-27(32-18-20-16-29-17-21(20)19-32)26-28(35)33(25-11-7-6-10-24(25)30-26)23-12-14-31(15-13-23)22-8-4-2-1-3-5-9-22;26-21-20(22(27)28)23-18-10-6-7-11-19(18)25(21)17-12-14-24(15-13-17)16-8-4-2-1-3-5-9-16;1-8(11)10-4-6-2-9-3-7(6)5-10;;/h7-8,11-12,21-24,38H,2-6,9-10,13-20H2,1H3;6-7,10-11,20-23,29H,1-5,8-9,12-19H2;6-7,10-11,16-17H,1-5,8-9,12-15H2,(H,27,28);6-7,9,11H,2-5H2,1H3;1H;/q;;;;;+1/p-1. The third-order valence-electron chi connectivity index (χ3n) is 28.3. The fraction of sp³-hybridized carbons (Fsp3) is 0.686. The molecule has 12 aliphatic rings. The number of rotatable bonds is 11. The SMILES string of the molecule is CB(O)N1CC2CN(C(=O)c3nc4ccccc4n(C4CCN(C5CCCCCCC5)CC4)c3=O)CC2C1.CB(O)N1CC2CNCC2C1.Cl.O=C([O-])c1nc2ccccc2n(C2CCN(C3CCCCCCC3)CC2)c1=O.O=C(c1nc2ccccc2n(C2CCN(C3CCCCCCC3)CC2)c1=O)N1CC2CNCC2C1.[Na+]. The van der Waals surface area contributed by atoms with Gasteiger partial charge in [-0.3, -0.25) is 24.0 Å². The number of likely N-dealkylation sites (tertiary alicyclic amines) is 5. The fourth-order valence-corrected chi connectivity index (χ4v) is 21.9. The van der Waals surface area contributed by atoms with Crippen molar-refractivity contribution in [3.05, 3.63) is 121 Å². The number of piperidine rings is 3. The van der Waals surface area contributed by atoms with Crippen LogP contribution >= 0.6 is 12.4 Å². The zero-order chi connectivity index (χ0) is 77.4. The third-order valence-corrected chi connectivity index (χ3v) is 28.3. The maximum absolute atomic E-state index is 13.9. The number of fused-ring (bicyclic) bond motifs is 6. The van der Waals surface area contributed by atoms with E-state index in [-0.39, 0.29) is 101 Å². The molecule has 18 rings (SSSR count). The molecule has 9 aliphatic heterocycles. The van der Waals surface area contributed by atoms with Gasteiger partial charge >= 0.3 is 43.7 Å². The summed E-state index contributed by atoms with van der Waals surface area (Å²) >= 11 is 0. The van der Waals surface area contributed by atoms with Crippen LogP contribution in [0, 0.1) is 35.5 Å². The van der Waals surface area contributed by atoms with Crippen LogP contribution in [0.5, 0.6) is 0 Å². The Bertz CT molecular complexity index is 4340. The normalized spacial score (nSPS) is 25.9. The zero-order valence-electron chi connectivity index (χ0n) is 68.3. The summed E-state index contributed by atoms with van der Waals surface area (Å²) in [4.78, 5) is 108. The van der Waals surface area contributed by atoms with Crippen LogP contribution < -0.4 is 62.0 Å². The predicted octanol–water partition coefficient (Wildman–Crippen LogP) is 5.88. The molecule has 12 heterocycles. The summed E-state index contributed by atoms with van der Waals surface area (Å²) in [5.74, 6) is 1.35. The van der Waals surface area contributed by atoms with Crippen molar-refractivity contribution in [2.75, 3.05) is 118 Å². The van der Waals surface area contributed by atoms with Crippen LogP contribution in [0.15, 0.2) is 87.2 Å². The van der Waals surface area contributed by atoms with E-state index < -0.39 is 24.3 Å². The number of hydrogen-bond donors (Lipinski definition) is 4. The molecule has 4 N–H and O–H groups in total. The van der Waals surface area contributed by atoms with Crippen molar-refractivity contribution in [3.8, 4) is 0 Å². The average molecular weight is 1590 g/mol. The monoisotopic (exact) mass is 1590 g/mol. The van der Waals surface area contributed by atoms with E-state index in [1.165, 1.54) is 135 Å². The smallest absolute Gasteiger partial charge is 0.543 e. The van der Waals surface area contributed by atoms with Crippen molar-refractivity contribution in [3.63, 3.8) is 0 Å². The van der Waals surface area contributed by atoms with Crippen LogP contribution in [0.1, 0.15) is 223 Å². The first-order valence-corrected chi connectivity index (χ1v) is 43.9. The number of aromatic carboxylic acids is 1. The van der Waals surface area contributed by atoms with Crippen molar-refractivity contribution in [1.82, 2.24) is 73.4 Å². The van der Waals surface area contributed by atoms with Crippen LogP contribution in [0.3, 0.4) is 0 Å². The number of para-hydroxylation sites is 6. The van der Waals surface area contributed by atoms with Crippen LogP contribution in [-0.2, 0) is 0 Å². The molecule has 6 unspecified atom stereocenters. The Kier molecular flexibility index (Phi) is 30.7. The second kappa shape index (κ2) is 40.5. The molecule has 114 heavy (non-hydrogen) atoms. The molecule has 9 saturated heterocycles. The Hall–Kier alpha value is -5.45. The molecule has 28 heteroatoms. The molecule has 3 aromatic carbocycles. The molecule has 24 nitrogen and oxygen atoms in total. The summed E-state index contributed by atoms with van der Waals surface area (Å²) in [5.41, 5.74) is 3.13. The van der Waals surface area contributed by atoms with Gasteiger partial charge in [0.2, 0.25) is 0 Å². The van der Waals surface area contributed by atoms with Crippen molar-refractivity contribution in [1.29, 1.82) is 0 Å². The van der Waals surface area contributed by atoms with Crippen LogP contribution in [-0.4, -0.2) is 241 Å². The number of carbonyl (C=O) groups is 3. The number of benzene rings is 3. The van der Waals surface area contributed by atoms with Gasteiger partial charge in [0.15, 0.2) is 17.1 Å². The second-order valence-electron chi connectivity index (χ2n) is 35.4. The van der Waals surface area contributed by atoms with Gasteiger partial charge in [-0.2, -0.15) is 0 Å². The maximum atomic E-state index is 13.9. The Morgan fingerprint density at radius 2 is 0.623 bits per heavy atom. The molecule has 0 bridgehead atoms. The first-order valence-electron chi connectivity index (χ1n) is 43.9. The Balaban J connectivity index is 0.000000139. The Morgan fingerprint density at radius 1 is 0.368 bits per heavy atom. The molecule has 0 radical (unpaired) electrons. The number of halogens is 1. The number of amides is 2. The molecule has 612 valence electrons. The van der Waals surface area contributed by atoms with Gasteiger partial charge in [-0.05, 0) is 202 Å². The quantitative estimate of drug-likeness (QED) is 0.110. The van der Waals surface area contributed by atoms with Gasteiger partial charge in [-0.1, -0.05) is 133 Å². The largest absolute Gasteiger partial charge is 1.00 e. The van der Waals surface area contributed by atoms with Crippen molar-refractivity contribution in [2.24, 2.45) is 35.5 Å². The number of carbonyl (C=O) groups excluding carboxylic acids is 3. The topological polar surface area (TPSA) is 266 Å². The summed E-state index contributed by atoms with van der Waals surface area (Å²) in [6.45, 7) is 20.3. The van der Waals surface area contributed by atoms with E-state index in [0.717, 1.165) is 177 Å². The average Bonchev–Trinajstić information content (AvgIpc) is 1.04. The predicted molar refractivity (Wildman–Crippen MR) is 447 cm³/mol. The van der Waals surface area contributed by atoms with E-state index in [2.05, 4.69) is 49.9 Å². The molecule has 3 aromatic heterocycles.